The second-order valence-electron chi connectivity index (χ2n) is 1.60. The standard InChI is InChI=1S/C5H8O4/c6-3-1-2-4(7)5(8)9/h3-4,7H,1-2H2,(H,8,9)/t4-/m1/s1. The summed E-state index contributed by atoms with van der Waals surface area (Å²) in [4.78, 5) is 19.5. The van der Waals surface area contributed by atoms with Crippen molar-refractivity contribution in [1.29, 1.82) is 0 Å². The van der Waals surface area contributed by atoms with Gasteiger partial charge in [0.1, 0.15) is 6.29 Å². The van der Waals surface area contributed by atoms with Crippen LogP contribution in [0.1, 0.15) is 12.8 Å². The average Bonchev–Trinajstić information content (AvgIpc) is 1.82. The van der Waals surface area contributed by atoms with E-state index in [0.717, 1.165) is 0 Å². The highest BCUT2D eigenvalue weighted by molar-refractivity contribution is 5.72. The molecule has 0 aliphatic carbocycles. The zero-order valence-electron chi connectivity index (χ0n) is 4.78. The third-order valence-electron chi connectivity index (χ3n) is 0.843. The minimum absolute atomic E-state index is 0.00116. The lowest BCUT2D eigenvalue weighted by atomic mass is 10.2. The Hall–Kier alpha value is -0.900. The first-order valence-corrected chi connectivity index (χ1v) is 2.53. The van der Waals surface area contributed by atoms with E-state index in [-0.39, 0.29) is 12.8 Å². The minimum atomic E-state index is -1.39. The molecule has 0 unspecified atom stereocenters. The third kappa shape index (κ3) is 3.66. The van der Waals surface area contributed by atoms with Crippen LogP contribution in [0, 0.1) is 0 Å². The van der Waals surface area contributed by atoms with E-state index < -0.39 is 12.1 Å². The van der Waals surface area contributed by atoms with Gasteiger partial charge in [-0.15, -0.1) is 0 Å². The third-order valence-corrected chi connectivity index (χ3v) is 0.843. The van der Waals surface area contributed by atoms with Crippen molar-refractivity contribution >= 4 is 12.3 Å². The highest BCUT2D eigenvalue weighted by Crippen LogP contribution is 1.93. The number of aldehydes is 1. The predicted molar refractivity (Wildman–Crippen MR) is 28.9 cm³/mol. The summed E-state index contributed by atoms with van der Waals surface area (Å²) in [5, 5.41) is 16.5. The molecule has 0 fully saturated rings. The number of aliphatic carboxylic acids is 1. The van der Waals surface area contributed by atoms with Gasteiger partial charge in [0.15, 0.2) is 6.10 Å². The highest BCUT2D eigenvalue weighted by Gasteiger charge is 2.10. The van der Waals surface area contributed by atoms with Gasteiger partial charge in [0.25, 0.3) is 0 Å². The monoisotopic (exact) mass is 132 g/mol. The number of hydrogen-bond donors (Lipinski definition) is 2. The molecule has 0 bridgehead atoms. The Kier molecular flexibility index (Phi) is 3.62. The summed E-state index contributed by atoms with van der Waals surface area (Å²) in [6.45, 7) is 0. The van der Waals surface area contributed by atoms with Gasteiger partial charge in [-0.25, -0.2) is 4.79 Å². The smallest absolute Gasteiger partial charge is 0.332 e. The zero-order chi connectivity index (χ0) is 7.28. The molecule has 0 amide bonds. The van der Waals surface area contributed by atoms with Crippen molar-refractivity contribution in [2.24, 2.45) is 0 Å². The summed E-state index contributed by atoms with van der Waals surface area (Å²) in [6, 6.07) is 0. The van der Waals surface area contributed by atoms with Crippen LogP contribution >= 0.6 is 0 Å². The van der Waals surface area contributed by atoms with Gasteiger partial charge >= 0.3 is 5.97 Å². The summed E-state index contributed by atoms with van der Waals surface area (Å²) >= 11 is 0. The Morgan fingerprint density at radius 3 is 2.56 bits per heavy atom. The summed E-state index contributed by atoms with van der Waals surface area (Å²) < 4.78 is 0. The molecule has 0 heterocycles. The molecule has 0 saturated carbocycles. The fourth-order valence-electron chi connectivity index (χ4n) is 0.349. The quantitative estimate of drug-likeness (QED) is 0.501. The topological polar surface area (TPSA) is 74.6 Å². The average molecular weight is 132 g/mol. The lowest BCUT2D eigenvalue weighted by Gasteiger charge is -1.98. The SMILES string of the molecule is O=CCC[C@@H](O)C(=O)O. The fourth-order valence-corrected chi connectivity index (χ4v) is 0.349. The Balaban J connectivity index is 3.37. The fraction of sp³-hybridized carbons (Fsp3) is 0.600. The van der Waals surface area contributed by atoms with E-state index in [9.17, 15) is 9.59 Å². The molecule has 0 rings (SSSR count). The van der Waals surface area contributed by atoms with Crippen LogP contribution in [0.4, 0.5) is 0 Å². The molecule has 2 N–H and O–H groups in total. The van der Waals surface area contributed by atoms with E-state index >= 15 is 0 Å². The van der Waals surface area contributed by atoms with Crippen LogP contribution in [-0.4, -0.2) is 28.6 Å². The van der Waals surface area contributed by atoms with Crippen LogP contribution in [0.15, 0.2) is 0 Å². The van der Waals surface area contributed by atoms with Crippen molar-refractivity contribution in [2.75, 3.05) is 0 Å². The molecule has 0 aromatic carbocycles. The largest absolute Gasteiger partial charge is 0.479 e. The lowest BCUT2D eigenvalue weighted by molar-refractivity contribution is -0.146. The Bertz CT molecular complexity index is 110. The van der Waals surface area contributed by atoms with E-state index in [0.29, 0.717) is 6.29 Å². The Labute approximate surface area is 52.1 Å². The normalized spacial score (nSPS) is 12.6. The molecule has 9 heavy (non-hydrogen) atoms. The van der Waals surface area contributed by atoms with Crippen LogP contribution in [0.5, 0.6) is 0 Å². The van der Waals surface area contributed by atoms with Gasteiger partial charge in [0.05, 0.1) is 0 Å². The van der Waals surface area contributed by atoms with Gasteiger partial charge in [0.2, 0.25) is 0 Å². The molecule has 0 aliphatic rings. The van der Waals surface area contributed by atoms with Crippen molar-refractivity contribution in [3.8, 4) is 0 Å². The number of hydrogen-bond acceptors (Lipinski definition) is 3. The second kappa shape index (κ2) is 4.03. The van der Waals surface area contributed by atoms with Gasteiger partial charge in [-0.2, -0.15) is 0 Å². The molecule has 0 aromatic heterocycles. The van der Waals surface area contributed by atoms with E-state index in [1.54, 1.807) is 0 Å². The first-order valence-electron chi connectivity index (χ1n) is 2.53. The van der Waals surface area contributed by atoms with Crippen molar-refractivity contribution in [2.45, 2.75) is 18.9 Å². The molecule has 0 radical (unpaired) electrons. The molecule has 0 spiro atoms. The number of carboxylic acids is 1. The molecule has 0 aliphatic heterocycles. The van der Waals surface area contributed by atoms with E-state index in [1.165, 1.54) is 0 Å². The lowest BCUT2D eigenvalue weighted by Crippen LogP contribution is -2.18. The molecule has 4 nitrogen and oxygen atoms in total. The number of aliphatic hydroxyl groups is 1. The Morgan fingerprint density at radius 1 is 1.67 bits per heavy atom. The van der Waals surface area contributed by atoms with Gasteiger partial charge < -0.3 is 15.0 Å². The van der Waals surface area contributed by atoms with E-state index in [1.807, 2.05) is 0 Å². The summed E-state index contributed by atoms with van der Waals surface area (Å²) in [5.74, 6) is -1.28. The van der Waals surface area contributed by atoms with Crippen LogP contribution in [0.25, 0.3) is 0 Å². The molecule has 1 atom stereocenters. The first kappa shape index (κ1) is 8.10. The molecular formula is C5H8O4. The van der Waals surface area contributed by atoms with E-state index in [4.69, 9.17) is 10.2 Å². The van der Waals surface area contributed by atoms with Gasteiger partial charge in [-0.1, -0.05) is 0 Å². The zero-order valence-corrected chi connectivity index (χ0v) is 4.78. The van der Waals surface area contributed by atoms with Crippen LogP contribution in [-0.2, 0) is 9.59 Å². The highest BCUT2D eigenvalue weighted by atomic mass is 16.4. The maximum Gasteiger partial charge on any atom is 0.332 e. The number of carboxylic acid groups (broad SMARTS) is 1. The number of carbonyl (C=O) groups excluding carboxylic acids is 1. The van der Waals surface area contributed by atoms with Crippen molar-refractivity contribution in [3.05, 3.63) is 0 Å². The van der Waals surface area contributed by atoms with Gasteiger partial charge in [-0.05, 0) is 6.42 Å². The molecule has 0 aromatic rings. The number of aliphatic hydroxyl groups excluding tert-OH is 1. The number of rotatable bonds is 4. The maximum atomic E-state index is 9.84. The second-order valence-corrected chi connectivity index (χ2v) is 1.60. The van der Waals surface area contributed by atoms with E-state index in [2.05, 4.69) is 0 Å². The van der Waals surface area contributed by atoms with Crippen molar-refractivity contribution in [1.82, 2.24) is 0 Å². The Morgan fingerprint density at radius 2 is 2.22 bits per heavy atom. The number of carbonyl (C=O) groups is 2. The summed E-state index contributed by atoms with van der Waals surface area (Å²) in [7, 11) is 0. The molecule has 4 heteroatoms. The van der Waals surface area contributed by atoms with Crippen LogP contribution in [0.2, 0.25) is 0 Å². The van der Waals surface area contributed by atoms with Crippen molar-refractivity contribution in [3.63, 3.8) is 0 Å². The first-order chi connectivity index (χ1) is 4.18. The molecular weight excluding hydrogens is 124 g/mol. The van der Waals surface area contributed by atoms with Crippen molar-refractivity contribution < 1.29 is 19.8 Å². The van der Waals surface area contributed by atoms with Crippen LogP contribution in [0.3, 0.4) is 0 Å². The molecule has 52 valence electrons. The summed E-state index contributed by atoms with van der Waals surface area (Å²) in [5.41, 5.74) is 0. The van der Waals surface area contributed by atoms with Gasteiger partial charge in [-0.3, -0.25) is 0 Å². The minimum Gasteiger partial charge on any atom is -0.479 e. The van der Waals surface area contributed by atoms with Crippen LogP contribution < -0.4 is 0 Å². The maximum absolute atomic E-state index is 9.84. The predicted octanol–water partition coefficient (Wildman–Crippen LogP) is -0.589. The summed E-state index contributed by atoms with van der Waals surface area (Å²) in [6.07, 6.45) is -0.728. The molecule has 0 saturated heterocycles. The van der Waals surface area contributed by atoms with Gasteiger partial charge in [0, 0.05) is 6.42 Å².